The van der Waals surface area contributed by atoms with Gasteiger partial charge in [-0.2, -0.15) is 5.10 Å². The van der Waals surface area contributed by atoms with E-state index in [-0.39, 0.29) is 11.5 Å². The van der Waals surface area contributed by atoms with Crippen molar-refractivity contribution in [1.29, 1.82) is 0 Å². The van der Waals surface area contributed by atoms with Gasteiger partial charge in [-0.15, -0.1) is 0 Å². The number of hydrazone groups is 1. The maximum absolute atomic E-state index is 13.3. The summed E-state index contributed by atoms with van der Waals surface area (Å²) < 4.78 is 13.3. The van der Waals surface area contributed by atoms with Crippen molar-refractivity contribution in [2.75, 3.05) is 5.43 Å². The highest BCUT2D eigenvalue weighted by Crippen LogP contribution is 2.16. The molecule has 5 nitrogen and oxygen atoms in total. The molecule has 0 atom stereocenters. The molecule has 0 radical (unpaired) electrons. The fourth-order valence-electron chi connectivity index (χ4n) is 1.45. The molecule has 0 amide bonds. The van der Waals surface area contributed by atoms with Crippen molar-refractivity contribution in [3.05, 3.63) is 70.0 Å². The van der Waals surface area contributed by atoms with Crippen LogP contribution in [-0.4, -0.2) is 11.1 Å². The number of nitro groups is 1. The SMILES string of the molecule is O=[N+]([O-])c1cccc(NN=Cc2ccccc2F)c1. The van der Waals surface area contributed by atoms with Crippen molar-refractivity contribution in [2.24, 2.45) is 5.10 Å². The lowest BCUT2D eigenvalue weighted by Gasteiger charge is -2.00. The molecule has 1 N–H and O–H groups in total. The first-order chi connectivity index (χ1) is 9.16. The average molecular weight is 259 g/mol. The number of benzene rings is 2. The highest BCUT2D eigenvalue weighted by atomic mass is 19.1. The summed E-state index contributed by atoms with van der Waals surface area (Å²) >= 11 is 0. The molecule has 2 aromatic carbocycles. The molecule has 0 aliphatic carbocycles. The lowest BCUT2D eigenvalue weighted by atomic mass is 10.2. The van der Waals surface area contributed by atoms with Crippen LogP contribution in [0.4, 0.5) is 15.8 Å². The topological polar surface area (TPSA) is 67.5 Å². The number of non-ortho nitro benzene ring substituents is 1. The normalized spacial score (nSPS) is 10.6. The van der Waals surface area contributed by atoms with E-state index in [0.29, 0.717) is 11.3 Å². The molecule has 2 rings (SSSR count). The number of nitrogens with zero attached hydrogens (tertiary/aromatic N) is 2. The molecule has 0 saturated carbocycles. The summed E-state index contributed by atoms with van der Waals surface area (Å²) in [6, 6.07) is 12.1. The summed E-state index contributed by atoms with van der Waals surface area (Å²) in [6.07, 6.45) is 1.31. The molecular formula is C13H10FN3O2. The van der Waals surface area contributed by atoms with Crippen molar-refractivity contribution < 1.29 is 9.31 Å². The highest BCUT2D eigenvalue weighted by Gasteiger charge is 2.04. The number of rotatable bonds is 4. The second kappa shape index (κ2) is 5.72. The summed E-state index contributed by atoms with van der Waals surface area (Å²) in [4.78, 5) is 10.1. The van der Waals surface area contributed by atoms with Gasteiger partial charge in [-0.25, -0.2) is 4.39 Å². The van der Waals surface area contributed by atoms with Gasteiger partial charge in [-0.3, -0.25) is 15.5 Å². The zero-order valence-corrected chi connectivity index (χ0v) is 9.79. The molecule has 6 heteroatoms. The molecule has 96 valence electrons. The Hall–Kier alpha value is -2.76. The third kappa shape index (κ3) is 3.35. The van der Waals surface area contributed by atoms with Crippen LogP contribution in [0.25, 0.3) is 0 Å². The molecule has 0 spiro atoms. The molecule has 0 saturated heterocycles. The summed E-state index contributed by atoms with van der Waals surface area (Å²) in [6.45, 7) is 0. The summed E-state index contributed by atoms with van der Waals surface area (Å²) in [5.41, 5.74) is 3.37. The van der Waals surface area contributed by atoms with Gasteiger partial charge >= 0.3 is 0 Å². The van der Waals surface area contributed by atoms with Crippen LogP contribution in [0.15, 0.2) is 53.6 Å². The van der Waals surface area contributed by atoms with E-state index >= 15 is 0 Å². The van der Waals surface area contributed by atoms with E-state index in [2.05, 4.69) is 10.5 Å². The first kappa shape index (κ1) is 12.7. The van der Waals surface area contributed by atoms with Gasteiger partial charge in [0.25, 0.3) is 5.69 Å². The van der Waals surface area contributed by atoms with Crippen LogP contribution < -0.4 is 5.43 Å². The Morgan fingerprint density at radius 2 is 2.00 bits per heavy atom. The maximum atomic E-state index is 13.3. The van der Waals surface area contributed by atoms with E-state index in [1.54, 1.807) is 30.3 Å². The largest absolute Gasteiger partial charge is 0.278 e. The lowest BCUT2D eigenvalue weighted by Crippen LogP contribution is -1.94. The predicted octanol–water partition coefficient (Wildman–Crippen LogP) is 3.18. The minimum atomic E-state index is -0.494. The van der Waals surface area contributed by atoms with Crippen LogP contribution in [0.5, 0.6) is 0 Å². The molecule has 0 aliphatic rings. The van der Waals surface area contributed by atoms with Crippen molar-refractivity contribution >= 4 is 17.6 Å². The van der Waals surface area contributed by atoms with E-state index in [1.807, 2.05) is 0 Å². The lowest BCUT2D eigenvalue weighted by molar-refractivity contribution is -0.384. The first-order valence-corrected chi connectivity index (χ1v) is 5.45. The van der Waals surface area contributed by atoms with Crippen LogP contribution in [0.2, 0.25) is 0 Å². The van der Waals surface area contributed by atoms with E-state index in [9.17, 15) is 14.5 Å². The van der Waals surface area contributed by atoms with Gasteiger partial charge in [0.1, 0.15) is 5.82 Å². The summed E-state index contributed by atoms with van der Waals surface area (Å²) in [7, 11) is 0. The Bertz CT molecular complexity index is 629. The molecular weight excluding hydrogens is 249 g/mol. The fourth-order valence-corrected chi connectivity index (χ4v) is 1.45. The third-order valence-electron chi connectivity index (χ3n) is 2.36. The van der Waals surface area contributed by atoms with Crippen molar-refractivity contribution in [2.45, 2.75) is 0 Å². The Kier molecular flexibility index (Phi) is 3.82. The zero-order valence-electron chi connectivity index (χ0n) is 9.79. The molecule has 2 aromatic rings. The molecule has 0 bridgehead atoms. The van der Waals surface area contributed by atoms with E-state index in [0.717, 1.165) is 0 Å². The first-order valence-electron chi connectivity index (χ1n) is 5.45. The number of anilines is 1. The van der Waals surface area contributed by atoms with Gasteiger partial charge in [0, 0.05) is 17.7 Å². The van der Waals surface area contributed by atoms with Crippen molar-refractivity contribution in [3.63, 3.8) is 0 Å². The van der Waals surface area contributed by atoms with E-state index in [4.69, 9.17) is 0 Å². The number of halogens is 1. The van der Waals surface area contributed by atoms with Gasteiger partial charge in [0.2, 0.25) is 0 Å². The third-order valence-corrected chi connectivity index (χ3v) is 2.36. The van der Waals surface area contributed by atoms with Crippen LogP contribution in [0, 0.1) is 15.9 Å². The average Bonchev–Trinajstić information content (AvgIpc) is 2.41. The monoisotopic (exact) mass is 259 g/mol. The van der Waals surface area contributed by atoms with Gasteiger partial charge in [-0.1, -0.05) is 24.3 Å². The Morgan fingerprint density at radius 3 is 2.74 bits per heavy atom. The Labute approximate surface area is 108 Å². The van der Waals surface area contributed by atoms with Crippen molar-refractivity contribution in [1.82, 2.24) is 0 Å². The maximum Gasteiger partial charge on any atom is 0.271 e. The second-order valence-corrected chi connectivity index (χ2v) is 3.70. The Balaban J connectivity index is 2.09. The molecule has 0 fully saturated rings. The van der Waals surface area contributed by atoms with Crippen molar-refractivity contribution in [3.8, 4) is 0 Å². The summed E-state index contributed by atoms with van der Waals surface area (Å²) in [5.74, 6) is -0.382. The number of nitrogens with one attached hydrogen (secondary N) is 1. The second-order valence-electron chi connectivity index (χ2n) is 3.70. The van der Waals surface area contributed by atoms with Gasteiger partial charge in [-0.05, 0) is 12.1 Å². The van der Waals surface area contributed by atoms with Gasteiger partial charge in [0.05, 0.1) is 16.8 Å². The molecule has 19 heavy (non-hydrogen) atoms. The highest BCUT2D eigenvalue weighted by molar-refractivity contribution is 5.80. The molecule has 0 aliphatic heterocycles. The standard InChI is InChI=1S/C13H10FN3O2/c14-13-7-2-1-4-10(13)9-15-16-11-5-3-6-12(8-11)17(18)19/h1-9,16H. The van der Waals surface area contributed by atoms with Crippen LogP contribution in [-0.2, 0) is 0 Å². The fraction of sp³-hybridized carbons (Fsp3) is 0. The number of nitro benzene ring substituents is 1. The van der Waals surface area contributed by atoms with E-state index in [1.165, 1.54) is 24.4 Å². The number of hydrogen-bond donors (Lipinski definition) is 1. The predicted molar refractivity (Wildman–Crippen MR) is 70.7 cm³/mol. The quantitative estimate of drug-likeness (QED) is 0.521. The van der Waals surface area contributed by atoms with Crippen LogP contribution in [0.3, 0.4) is 0 Å². The minimum absolute atomic E-state index is 0.0360. The molecule has 0 unspecified atom stereocenters. The zero-order chi connectivity index (χ0) is 13.7. The smallest absolute Gasteiger partial charge is 0.271 e. The molecule has 0 aromatic heterocycles. The van der Waals surface area contributed by atoms with E-state index < -0.39 is 4.92 Å². The van der Waals surface area contributed by atoms with Crippen LogP contribution >= 0.6 is 0 Å². The van der Waals surface area contributed by atoms with Crippen LogP contribution in [0.1, 0.15) is 5.56 Å². The van der Waals surface area contributed by atoms with Gasteiger partial charge in [0.15, 0.2) is 0 Å². The van der Waals surface area contributed by atoms with Gasteiger partial charge < -0.3 is 0 Å². The number of hydrogen-bond acceptors (Lipinski definition) is 4. The molecule has 0 heterocycles. The Morgan fingerprint density at radius 1 is 1.21 bits per heavy atom. The summed E-state index contributed by atoms with van der Waals surface area (Å²) in [5, 5.41) is 14.4. The minimum Gasteiger partial charge on any atom is -0.278 e.